The number of carbonyl (C=O) groups excluding carboxylic acids is 1. The molecule has 5 heteroatoms. The number of benzene rings is 2. The lowest BCUT2D eigenvalue weighted by Crippen LogP contribution is -2.25. The molecule has 26 heavy (non-hydrogen) atoms. The van der Waals surface area contributed by atoms with Crippen LogP contribution in [0.5, 0.6) is 5.75 Å². The van der Waals surface area contributed by atoms with E-state index in [1.807, 2.05) is 12.1 Å². The molecule has 0 N–H and O–H groups in total. The summed E-state index contributed by atoms with van der Waals surface area (Å²) in [6.45, 7) is 3.94. The summed E-state index contributed by atoms with van der Waals surface area (Å²) in [7, 11) is 0. The van der Waals surface area contributed by atoms with Crippen LogP contribution in [0.1, 0.15) is 28.8 Å². The van der Waals surface area contributed by atoms with Crippen molar-refractivity contribution >= 4 is 35.1 Å². The fraction of sp³-hybridized carbons (Fsp3) is 0.286. The van der Waals surface area contributed by atoms with Gasteiger partial charge in [-0.3, -0.25) is 9.69 Å². The van der Waals surface area contributed by atoms with Crippen molar-refractivity contribution in [1.29, 1.82) is 0 Å². The van der Waals surface area contributed by atoms with Gasteiger partial charge in [-0.05, 0) is 74.5 Å². The van der Waals surface area contributed by atoms with Crippen molar-refractivity contribution in [2.45, 2.75) is 12.8 Å². The van der Waals surface area contributed by atoms with Crippen LogP contribution in [0, 0.1) is 0 Å². The minimum Gasteiger partial charge on any atom is -0.492 e. The molecule has 0 amide bonds. The molecule has 2 aromatic carbocycles. The Hall–Kier alpha value is -1.81. The molecule has 1 fully saturated rings. The van der Waals surface area contributed by atoms with Crippen LogP contribution in [-0.4, -0.2) is 36.9 Å². The number of hydrogen-bond donors (Lipinski definition) is 0. The van der Waals surface area contributed by atoms with Crippen LogP contribution >= 0.6 is 23.2 Å². The fourth-order valence-corrected chi connectivity index (χ4v) is 3.46. The highest BCUT2D eigenvalue weighted by atomic mass is 35.5. The number of halogens is 2. The molecule has 0 spiro atoms. The molecule has 1 heterocycles. The Morgan fingerprint density at radius 1 is 1.04 bits per heavy atom. The zero-order valence-corrected chi connectivity index (χ0v) is 16.0. The highest BCUT2D eigenvalue weighted by Crippen LogP contribution is 2.25. The molecule has 1 aliphatic rings. The van der Waals surface area contributed by atoms with Gasteiger partial charge in [0.15, 0.2) is 5.78 Å². The highest BCUT2D eigenvalue weighted by molar-refractivity contribution is 6.37. The van der Waals surface area contributed by atoms with Crippen molar-refractivity contribution < 1.29 is 9.53 Å². The topological polar surface area (TPSA) is 29.5 Å². The Balaban J connectivity index is 1.55. The van der Waals surface area contributed by atoms with E-state index in [1.165, 1.54) is 32.0 Å². The number of allylic oxidation sites excluding steroid dienone is 1. The van der Waals surface area contributed by atoms with Gasteiger partial charge >= 0.3 is 0 Å². The van der Waals surface area contributed by atoms with E-state index in [-0.39, 0.29) is 5.78 Å². The van der Waals surface area contributed by atoms with Crippen molar-refractivity contribution in [3.8, 4) is 5.75 Å². The van der Waals surface area contributed by atoms with Crippen molar-refractivity contribution in [3.05, 3.63) is 69.7 Å². The maximum atomic E-state index is 12.3. The Kier molecular flexibility index (Phi) is 6.73. The van der Waals surface area contributed by atoms with E-state index in [0.29, 0.717) is 27.8 Å². The SMILES string of the molecule is O=C(/C=C/c1c(Cl)cccc1Cl)c1ccc(OCCN2CCCC2)cc1. The fourth-order valence-electron chi connectivity index (χ4n) is 2.94. The average Bonchev–Trinajstić information content (AvgIpc) is 3.15. The van der Waals surface area contributed by atoms with Gasteiger partial charge in [-0.15, -0.1) is 0 Å². The summed E-state index contributed by atoms with van der Waals surface area (Å²) in [4.78, 5) is 14.7. The molecule has 1 saturated heterocycles. The highest BCUT2D eigenvalue weighted by Gasteiger charge is 2.11. The number of likely N-dealkylation sites (tertiary alicyclic amines) is 1. The van der Waals surface area contributed by atoms with Crippen LogP contribution in [0.25, 0.3) is 6.08 Å². The maximum absolute atomic E-state index is 12.3. The smallest absolute Gasteiger partial charge is 0.185 e. The van der Waals surface area contributed by atoms with Crippen molar-refractivity contribution in [1.82, 2.24) is 4.90 Å². The first-order valence-corrected chi connectivity index (χ1v) is 9.51. The molecule has 0 aromatic heterocycles. The minimum atomic E-state index is -0.107. The molecule has 0 atom stereocenters. The van der Waals surface area contributed by atoms with E-state index < -0.39 is 0 Å². The Bertz CT molecular complexity index is 761. The molecule has 3 nitrogen and oxygen atoms in total. The molecule has 2 aromatic rings. The molecular formula is C21H21Cl2NO2. The van der Waals surface area contributed by atoms with Crippen LogP contribution in [-0.2, 0) is 0 Å². The molecular weight excluding hydrogens is 369 g/mol. The zero-order valence-electron chi connectivity index (χ0n) is 14.5. The van der Waals surface area contributed by atoms with E-state index in [9.17, 15) is 4.79 Å². The summed E-state index contributed by atoms with van der Waals surface area (Å²) in [5.41, 5.74) is 1.24. The lowest BCUT2D eigenvalue weighted by atomic mass is 10.1. The first-order chi connectivity index (χ1) is 12.6. The van der Waals surface area contributed by atoms with E-state index in [4.69, 9.17) is 27.9 Å². The number of rotatable bonds is 7. The van der Waals surface area contributed by atoms with Crippen molar-refractivity contribution in [2.24, 2.45) is 0 Å². The largest absolute Gasteiger partial charge is 0.492 e. The van der Waals surface area contributed by atoms with Crippen molar-refractivity contribution in [2.75, 3.05) is 26.2 Å². The van der Waals surface area contributed by atoms with Crippen LogP contribution < -0.4 is 4.74 Å². The monoisotopic (exact) mass is 389 g/mol. The predicted molar refractivity (Wildman–Crippen MR) is 107 cm³/mol. The molecule has 3 rings (SSSR count). The number of carbonyl (C=O) groups is 1. The summed E-state index contributed by atoms with van der Waals surface area (Å²) in [5.74, 6) is 0.670. The third-order valence-electron chi connectivity index (χ3n) is 4.41. The second-order valence-corrected chi connectivity index (χ2v) is 7.07. The van der Waals surface area contributed by atoms with Crippen LogP contribution in [0.2, 0.25) is 10.0 Å². The Morgan fingerprint density at radius 2 is 1.69 bits per heavy atom. The molecule has 1 aliphatic heterocycles. The van der Waals surface area contributed by atoms with Crippen LogP contribution in [0.15, 0.2) is 48.5 Å². The number of hydrogen-bond acceptors (Lipinski definition) is 3. The lowest BCUT2D eigenvalue weighted by Gasteiger charge is -2.14. The van der Waals surface area contributed by atoms with Crippen molar-refractivity contribution in [3.63, 3.8) is 0 Å². The van der Waals surface area contributed by atoms with Gasteiger partial charge in [0.1, 0.15) is 12.4 Å². The summed E-state index contributed by atoms with van der Waals surface area (Å²) in [6.07, 6.45) is 5.69. The molecule has 0 saturated carbocycles. The second-order valence-electron chi connectivity index (χ2n) is 6.25. The zero-order chi connectivity index (χ0) is 18.4. The quantitative estimate of drug-likeness (QED) is 0.471. The summed E-state index contributed by atoms with van der Waals surface area (Å²) in [5, 5.41) is 1.03. The molecule has 0 unspecified atom stereocenters. The van der Waals surface area contributed by atoms with Gasteiger partial charge < -0.3 is 4.74 Å². The normalized spacial score (nSPS) is 14.8. The molecule has 136 valence electrons. The summed E-state index contributed by atoms with van der Waals surface area (Å²) in [6, 6.07) is 12.4. The van der Waals surface area contributed by atoms with E-state index >= 15 is 0 Å². The van der Waals surface area contributed by atoms with E-state index in [0.717, 1.165) is 12.3 Å². The van der Waals surface area contributed by atoms with Crippen LogP contribution in [0.4, 0.5) is 0 Å². The van der Waals surface area contributed by atoms with E-state index in [1.54, 1.807) is 36.4 Å². The van der Waals surface area contributed by atoms with Gasteiger partial charge in [-0.25, -0.2) is 0 Å². The first kappa shape index (κ1) is 19.0. The Morgan fingerprint density at radius 3 is 2.35 bits per heavy atom. The molecule has 0 radical (unpaired) electrons. The average molecular weight is 390 g/mol. The molecule has 0 aliphatic carbocycles. The standard InChI is InChI=1S/C21H21Cl2NO2/c22-19-4-3-5-20(23)18(19)10-11-21(25)16-6-8-17(9-7-16)26-15-14-24-12-1-2-13-24/h3-11H,1-2,12-15H2/b11-10+. The van der Waals surface area contributed by atoms with Gasteiger partial charge in [0.25, 0.3) is 0 Å². The summed E-state index contributed by atoms with van der Waals surface area (Å²) < 4.78 is 5.76. The van der Waals surface area contributed by atoms with Gasteiger partial charge in [-0.1, -0.05) is 29.3 Å². The first-order valence-electron chi connectivity index (χ1n) is 8.75. The number of ether oxygens (including phenoxy) is 1. The molecule has 0 bridgehead atoms. The van der Waals surface area contributed by atoms with Gasteiger partial charge in [0.05, 0.1) is 0 Å². The van der Waals surface area contributed by atoms with Crippen LogP contribution in [0.3, 0.4) is 0 Å². The van der Waals surface area contributed by atoms with Gasteiger partial charge in [-0.2, -0.15) is 0 Å². The van der Waals surface area contributed by atoms with Gasteiger partial charge in [0.2, 0.25) is 0 Å². The Labute approximate surface area is 164 Å². The lowest BCUT2D eigenvalue weighted by molar-refractivity contribution is 0.104. The predicted octanol–water partition coefficient (Wildman–Crippen LogP) is 5.36. The number of ketones is 1. The van der Waals surface area contributed by atoms with Gasteiger partial charge in [0, 0.05) is 27.7 Å². The minimum absolute atomic E-state index is 0.107. The maximum Gasteiger partial charge on any atom is 0.185 e. The second kappa shape index (κ2) is 9.22. The summed E-state index contributed by atoms with van der Waals surface area (Å²) >= 11 is 12.2. The number of nitrogens with zero attached hydrogens (tertiary/aromatic N) is 1. The third-order valence-corrected chi connectivity index (χ3v) is 5.07. The van der Waals surface area contributed by atoms with E-state index in [2.05, 4.69) is 4.90 Å². The third kappa shape index (κ3) is 5.10.